The van der Waals surface area contributed by atoms with E-state index in [9.17, 15) is 14.4 Å². The third-order valence-corrected chi connectivity index (χ3v) is 5.63. The van der Waals surface area contributed by atoms with Gasteiger partial charge in [0.25, 0.3) is 11.1 Å². The van der Waals surface area contributed by atoms with E-state index in [0.717, 1.165) is 17.3 Å². The molecule has 2 saturated heterocycles. The summed E-state index contributed by atoms with van der Waals surface area (Å²) in [6, 6.07) is 8.61. The lowest BCUT2D eigenvalue weighted by atomic mass is 10.1. The Bertz CT molecular complexity index is 1050. The molecule has 0 atom stereocenters. The summed E-state index contributed by atoms with van der Waals surface area (Å²) in [5, 5.41) is 1.84. The van der Waals surface area contributed by atoms with Crippen molar-refractivity contribution in [2.24, 2.45) is 0 Å². The van der Waals surface area contributed by atoms with Crippen LogP contribution in [0.15, 0.2) is 41.6 Å². The van der Waals surface area contributed by atoms with Gasteiger partial charge in [-0.05, 0) is 35.5 Å². The van der Waals surface area contributed by atoms with Crippen LogP contribution >= 0.6 is 11.8 Å². The van der Waals surface area contributed by atoms with E-state index in [1.54, 1.807) is 41.3 Å². The minimum absolute atomic E-state index is 0.0662. The van der Waals surface area contributed by atoms with Crippen molar-refractivity contribution in [1.29, 1.82) is 0 Å². The van der Waals surface area contributed by atoms with Crippen LogP contribution in [-0.4, -0.2) is 58.4 Å². The first-order valence-electron chi connectivity index (χ1n) is 9.84. The SMILES string of the molecule is COC(=O)N1CCC(Oc2cc(Oc3ccc(/C=C4\SC(=O)NC4=O)cc3)ncn2)CC1. The molecule has 2 aromatic rings. The van der Waals surface area contributed by atoms with Crippen LogP contribution in [0.25, 0.3) is 6.08 Å². The average Bonchev–Trinajstić information content (AvgIpc) is 3.12. The number of nitrogens with one attached hydrogen (secondary N) is 1. The van der Waals surface area contributed by atoms with Gasteiger partial charge in [-0.25, -0.2) is 14.8 Å². The van der Waals surface area contributed by atoms with Gasteiger partial charge in [0.15, 0.2) is 0 Å². The molecule has 3 amide bonds. The van der Waals surface area contributed by atoms with Gasteiger partial charge in [0.1, 0.15) is 18.2 Å². The molecule has 1 N–H and O–H groups in total. The maximum atomic E-state index is 11.6. The zero-order chi connectivity index (χ0) is 22.5. The molecule has 2 aliphatic heterocycles. The Morgan fingerprint density at radius 3 is 2.53 bits per heavy atom. The number of ether oxygens (including phenoxy) is 3. The third-order valence-electron chi connectivity index (χ3n) is 4.82. The first-order valence-corrected chi connectivity index (χ1v) is 10.7. The van der Waals surface area contributed by atoms with E-state index in [0.29, 0.717) is 48.3 Å². The molecule has 3 heterocycles. The standard InChI is InChI=1S/C21H20N4O6S/c1-29-21(28)25-8-6-15(7-9-25)31-18-11-17(22-12-23-18)30-14-4-2-13(3-5-14)10-16-19(26)24-20(27)32-16/h2-5,10-12,15H,6-9H2,1H3,(H,24,26,27)/b16-10-. The molecule has 2 fully saturated rings. The summed E-state index contributed by atoms with van der Waals surface area (Å²) in [5.41, 5.74) is 0.759. The molecule has 10 nitrogen and oxygen atoms in total. The molecule has 11 heteroatoms. The lowest BCUT2D eigenvalue weighted by Gasteiger charge is -2.30. The summed E-state index contributed by atoms with van der Waals surface area (Å²) in [6.45, 7) is 1.12. The zero-order valence-electron chi connectivity index (χ0n) is 17.1. The number of amides is 3. The number of carbonyl (C=O) groups is 3. The number of piperidine rings is 1. The highest BCUT2D eigenvalue weighted by Crippen LogP contribution is 2.27. The summed E-state index contributed by atoms with van der Waals surface area (Å²) in [4.78, 5) is 44.7. The maximum absolute atomic E-state index is 11.6. The number of imide groups is 1. The third kappa shape index (κ3) is 5.35. The number of benzene rings is 1. The van der Waals surface area contributed by atoms with Crippen LogP contribution in [0.2, 0.25) is 0 Å². The van der Waals surface area contributed by atoms with Crippen molar-refractivity contribution < 1.29 is 28.6 Å². The van der Waals surface area contributed by atoms with Crippen LogP contribution in [0.3, 0.4) is 0 Å². The minimum atomic E-state index is -0.398. The molecule has 2 aliphatic rings. The Hall–Kier alpha value is -3.60. The van der Waals surface area contributed by atoms with Crippen molar-refractivity contribution in [2.45, 2.75) is 18.9 Å². The highest BCUT2D eigenvalue weighted by atomic mass is 32.2. The van der Waals surface area contributed by atoms with E-state index in [1.165, 1.54) is 13.4 Å². The van der Waals surface area contributed by atoms with Crippen LogP contribution in [0.5, 0.6) is 17.5 Å². The summed E-state index contributed by atoms with van der Waals surface area (Å²) < 4.78 is 16.4. The fraction of sp³-hybridized carbons (Fsp3) is 0.286. The molecule has 1 aromatic heterocycles. The van der Waals surface area contributed by atoms with E-state index >= 15 is 0 Å². The normalized spacial score (nSPS) is 17.9. The van der Waals surface area contributed by atoms with Crippen LogP contribution in [0.4, 0.5) is 9.59 Å². The van der Waals surface area contributed by atoms with E-state index in [4.69, 9.17) is 14.2 Å². The topological polar surface area (TPSA) is 120 Å². The average molecular weight is 456 g/mol. The Morgan fingerprint density at radius 2 is 1.88 bits per heavy atom. The molecule has 32 heavy (non-hydrogen) atoms. The summed E-state index contributed by atoms with van der Waals surface area (Å²) >= 11 is 0.868. The predicted molar refractivity (Wildman–Crippen MR) is 115 cm³/mol. The number of methoxy groups -OCH3 is 1. The summed E-state index contributed by atoms with van der Waals surface area (Å²) in [6.07, 6.45) is 3.95. The van der Waals surface area contributed by atoms with Crippen molar-refractivity contribution >= 4 is 35.1 Å². The van der Waals surface area contributed by atoms with Crippen LogP contribution in [0.1, 0.15) is 18.4 Å². The number of hydrogen-bond donors (Lipinski definition) is 1. The largest absolute Gasteiger partial charge is 0.474 e. The van der Waals surface area contributed by atoms with Gasteiger partial charge in [-0.15, -0.1) is 0 Å². The molecule has 0 unspecified atom stereocenters. The molecule has 0 radical (unpaired) electrons. The number of thioether (sulfide) groups is 1. The number of aromatic nitrogens is 2. The van der Waals surface area contributed by atoms with E-state index in [1.807, 2.05) is 0 Å². The number of nitrogens with zero attached hydrogens (tertiary/aromatic N) is 3. The van der Waals surface area contributed by atoms with E-state index in [-0.39, 0.29) is 17.4 Å². The maximum Gasteiger partial charge on any atom is 0.409 e. The Labute approximate surface area is 187 Å². The fourth-order valence-corrected chi connectivity index (χ4v) is 3.91. The highest BCUT2D eigenvalue weighted by molar-refractivity contribution is 8.18. The monoisotopic (exact) mass is 456 g/mol. The second-order valence-electron chi connectivity index (χ2n) is 6.99. The van der Waals surface area contributed by atoms with Crippen molar-refractivity contribution in [3.8, 4) is 17.5 Å². The highest BCUT2D eigenvalue weighted by Gasteiger charge is 2.25. The number of rotatable bonds is 5. The molecular weight excluding hydrogens is 436 g/mol. The molecule has 4 rings (SSSR count). The fourth-order valence-electron chi connectivity index (χ4n) is 3.22. The Kier molecular flexibility index (Phi) is 6.55. The van der Waals surface area contributed by atoms with Crippen molar-refractivity contribution in [2.75, 3.05) is 20.2 Å². The van der Waals surface area contributed by atoms with Gasteiger partial charge in [0.2, 0.25) is 11.8 Å². The molecule has 166 valence electrons. The second-order valence-corrected chi connectivity index (χ2v) is 8.01. The van der Waals surface area contributed by atoms with Gasteiger partial charge < -0.3 is 19.1 Å². The molecule has 0 aliphatic carbocycles. The van der Waals surface area contributed by atoms with Crippen molar-refractivity contribution in [1.82, 2.24) is 20.2 Å². The summed E-state index contributed by atoms with van der Waals surface area (Å²) in [7, 11) is 1.37. The van der Waals surface area contributed by atoms with Gasteiger partial charge in [-0.1, -0.05) is 12.1 Å². The Morgan fingerprint density at radius 1 is 1.16 bits per heavy atom. The molecule has 0 bridgehead atoms. The first kappa shape index (κ1) is 21.6. The van der Waals surface area contributed by atoms with Crippen molar-refractivity contribution in [3.63, 3.8) is 0 Å². The minimum Gasteiger partial charge on any atom is -0.474 e. The lowest BCUT2D eigenvalue weighted by Crippen LogP contribution is -2.41. The van der Waals surface area contributed by atoms with Gasteiger partial charge in [0, 0.05) is 25.9 Å². The van der Waals surface area contributed by atoms with Gasteiger partial charge in [-0.3, -0.25) is 14.9 Å². The first-order chi connectivity index (χ1) is 15.5. The van der Waals surface area contributed by atoms with E-state index < -0.39 is 5.91 Å². The number of likely N-dealkylation sites (tertiary alicyclic amines) is 1. The van der Waals surface area contributed by atoms with E-state index in [2.05, 4.69) is 15.3 Å². The van der Waals surface area contributed by atoms with Crippen molar-refractivity contribution in [3.05, 3.63) is 47.1 Å². The molecule has 0 saturated carbocycles. The van der Waals surface area contributed by atoms with Crippen LogP contribution in [-0.2, 0) is 9.53 Å². The molecular formula is C21H20N4O6S. The predicted octanol–water partition coefficient (Wildman–Crippen LogP) is 3.20. The van der Waals surface area contributed by atoms with Gasteiger partial charge in [0.05, 0.1) is 18.1 Å². The molecule has 1 aromatic carbocycles. The van der Waals surface area contributed by atoms with Gasteiger partial charge >= 0.3 is 6.09 Å². The number of carbonyl (C=O) groups excluding carboxylic acids is 3. The molecule has 0 spiro atoms. The zero-order valence-corrected chi connectivity index (χ0v) is 18.0. The second kappa shape index (κ2) is 9.69. The lowest BCUT2D eigenvalue weighted by molar-refractivity contribution is -0.115. The number of hydrogen-bond acceptors (Lipinski definition) is 9. The summed E-state index contributed by atoms with van der Waals surface area (Å²) in [5.74, 6) is 0.860. The Balaban J connectivity index is 1.34. The van der Waals surface area contributed by atoms with Crippen LogP contribution < -0.4 is 14.8 Å². The quantitative estimate of drug-likeness (QED) is 0.676. The smallest absolute Gasteiger partial charge is 0.409 e. The van der Waals surface area contributed by atoms with Gasteiger partial charge in [-0.2, -0.15) is 0 Å². The van der Waals surface area contributed by atoms with Crippen LogP contribution in [0, 0.1) is 0 Å².